The van der Waals surface area contributed by atoms with Crippen LogP contribution >= 0.6 is 11.6 Å². The predicted molar refractivity (Wildman–Crippen MR) is 61.7 cm³/mol. The van der Waals surface area contributed by atoms with Gasteiger partial charge in [-0.1, -0.05) is 36.9 Å². The highest BCUT2D eigenvalue weighted by molar-refractivity contribution is 6.31. The van der Waals surface area contributed by atoms with Crippen LogP contribution < -0.4 is 5.73 Å². The van der Waals surface area contributed by atoms with Crippen molar-refractivity contribution in [3.63, 3.8) is 0 Å². The molecule has 0 unspecified atom stereocenters. The first-order valence-electron chi connectivity index (χ1n) is 5.32. The van der Waals surface area contributed by atoms with Gasteiger partial charge in [-0.15, -0.1) is 0 Å². The summed E-state index contributed by atoms with van der Waals surface area (Å²) in [6, 6.07) is 5.91. The number of halogens is 1. The molecule has 1 nitrogen and oxygen atoms in total. The predicted octanol–water partition coefficient (Wildman–Crippen LogP) is 3.97. The molecule has 0 aliphatic heterocycles. The zero-order valence-electron chi connectivity index (χ0n) is 8.30. The van der Waals surface area contributed by atoms with Crippen molar-refractivity contribution in [2.75, 3.05) is 5.73 Å². The maximum absolute atomic E-state index is 6.18. The van der Waals surface area contributed by atoms with Crippen LogP contribution in [0.25, 0.3) is 0 Å². The Hall–Kier alpha value is -0.690. The van der Waals surface area contributed by atoms with Crippen LogP contribution in [-0.4, -0.2) is 0 Å². The molecule has 0 atom stereocenters. The first-order valence-corrected chi connectivity index (χ1v) is 5.70. The molecular weight excluding hydrogens is 194 g/mol. The van der Waals surface area contributed by atoms with E-state index >= 15 is 0 Å². The van der Waals surface area contributed by atoms with Gasteiger partial charge in [-0.2, -0.15) is 0 Å². The Labute approximate surface area is 90.3 Å². The van der Waals surface area contributed by atoms with Gasteiger partial charge in [0.05, 0.1) is 0 Å². The van der Waals surface area contributed by atoms with Crippen molar-refractivity contribution < 1.29 is 0 Å². The second kappa shape index (κ2) is 4.22. The zero-order valence-corrected chi connectivity index (χ0v) is 9.06. The largest absolute Gasteiger partial charge is 0.399 e. The van der Waals surface area contributed by atoms with Crippen molar-refractivity contribution in [3.8, 4) is 0 Å². The van der Waals surface area contributed by atoms with E-state index in [1.54, 1.807) is 0 Å². The van der Waals surface area contributed by atoms with E-state index in [1.807, 2.05) is 12.1 Å². The van der Waals surface area contributed by atoms with Crippen molar-refractivity contribution in [1.29, 1.82) is 0 Å². The minimum absolute atomic E-state index is 0.664. The van der Waals surface area contributed by atoms with Crippen LogP contribution in [0.15, 0.2) is 18.2 Å². The Morgan fingerprint density at radius 2 is 1.86 bits per heavy atom. The zero-order chi connectivity index (χ0) is 9.97. The molecule has 0 heterocycles. The standard InChI is InChI=1S/C12H16ClN/c13-12-8-10(14)6-7-11(12)9-4-2-1-3-5-9/h6-9H,1-5,14H2. The van der Waals surface area contributed by atoms with Gasteiger partial charge in [-0.25, -0.2) is 0 Å². The average Bonchev–Trinajstić information content (AvgIpc) is 2.19. The van der Waals surface area contributed by atoms with Crippen LogP contribution in [0.2, 0.25) is 5.02 Å². The molecule has 1 saturated carbocycles. The third kappa shape index (κ3) is 2.03. The number of hydrogen-bond donors (Lipinski definition) is 1. The van der Waals surface area contributed by atoms with E-state index in [9.17, 15) is 0 Å². The molecule has 2 rings (SSSR count). The number of hydrogen-bond acceptors (Lipinski definition) is 1. The Bertz CT molecular complexity index is 316. The molecule has 0 saturated heterocycles. The van der Waals surface area contributed by atoms with Crippen molar-refractivity contribution >= 4 is 17.3 Å². The summed E-state index contributed by atoms with van der Waals surface area (Å²) in [4.78, 5) is 0. The van der Waals surface area contributed by atoms with E-state index in [0.717, 1.165) is 10.7 Å². The monoisotopic (exact) mass is 209 g/mol. The summed E-state index contributed by atoms with van der Waals surface area (Å²) in [6.45, 7) is 0. The maximum atomic E-state index is 6.18. The van der Waals surface area contributed by atoms with Gasteiger partial charge in [0.1, 0.15) is 0 Å². The van der Waals surface area contributed by atoms with Gasteiger partial charge in [-0.3, -0.25) is 0 Å². The molecule has 76 valence electrons. The number of benzene rings is 1. The fourth-order valence-corrected chi connectivity index (χ4v) is 2.63. The lowest BCUT2D eigenvalue weighted by Gasteiger charge is -2.22. The van der Waals surface area contributed by atoms with E-state index in [-0.39, 0.29) is 0 Å². The highest BCUT2D eigenvalue weighted by Crippen LogP contribution is 2.36. The molecule has 1 aromatic carbocycles. The third-order valence-electron chi connectivity index (χ3n) is 3.07. The summed E-state index contributed by atoms with van der Waals surface area (Å²) in [5.41, 5.74) is 7.72. The molecule has 1 aromatic rings. The molecule has 1 aliphatic rings. The molecule has 1 fully saturated rings. The molecule has 0 radical (unpaired) electrons. The summed E-state index contributed by atoms with van der Waals surface area (Å²) in [5.74, 6) is 0.664. The summed E-state index contributed by atoms with van der Waals surface area (Å²) in [7, 11) is 0. The fraction of sp³-hybridized carbons (Fsp3) is 0.500. The second-order valence-corrected chi connectivity index (χ2v) is 4.52. The van der Waals surface area contributed by atoms with Gasteiger partial charge in [-0.05, 0) is 36.5 Å². The van der Waals surface area contributed by atoms with Gasteiger partial charge < -0.3 is 5.73 Å². The van der Waals surface area contributed by atoms with E-state index in [4.69, 9.17) is 17.3 Å². The third-order valence-corrected chi connectivity index (χ3v) is 3.40. The Kier molecular flexibility index (Phi) is 2.97. The smallest absolute Gasteiger partial charge is 0.0461 e. The molecule has 0 amide bonds. The van der Waals surface area contributed by atoms with Crippen molar-refractivity contribution in [2.24, 2.45) is 0 Å². The van der Waals surface area contributed by atoms with Crippen molar-refractivity contribution in [3.05, 3.63) is 28.8 Å². The highest BCUT2D eigenvalue weighted by atomic mass is 35.5. The van der Waals surface area contributed by atoms with E-state index < -0.39 is 0 Å². The van der Waals surface area contributed by atoms with Crippen LogP contribution in [0.1, 0.15) is 43.6 Å². The number of anilines is 1. The Morgan fingerprint density at radius 3 is 2.50 bits per heavy atom. The Morgan fingerprint density at radius 1 is 1.14 bits per heavy atom. The summed E-state index contributed by atoms with van der Waals surface area (Å²) in [5, 5.41) is 0.844. The van der Waals surface area contributed by atoms with Crippen LogP contribution in [0.5, 0.6) is 0 Å². The van der Waals surface area contributed by atoms with Crippen LogP contribution in [0.3, 0.4) is 0 Å². The lowest BCUT2D eigenvalue weighted by molar-refractivity contribution is 0.444. The van der Waals surface area contributed by atoms with Gasteiger partial charge >= 0.3 is 0 Å². The molecule has 2 heteroatoms. The second-order valence-electron chi connectivity index (χ2n) is 4.12. The van der Waals surface area contributed by atoms with Crippen LogP contribution in [-0.2, 0) is 0 Å². The molecule has 0 bridgehead atoms. The first kappa shape index (κ1) is 9.85. The summed E-state index contributed by atoms with van der Waals surface area (Å²) < 4.78 is 0. The summed E-state index contributed by atoms with van der Waals surface area (Å²) >= 11 is 6.18. The van der Waals surface area contributed by atoms with E-state index in [1.165, 1.54) is 37.7 Å². The first-order chi connectivity index (χ1) is 6.77. The van der Waals surface area contributed by atoms with Crippen molar-refractivity contribution in [1.82, 2.24) is 0 Å². The SMILES string of the molecule is Nc1ccc(C2CCCCC2)c(Cl)c1. The number of rotatable bonds is 1. The van der Waals surface area contributed by atoms with Gasteiger partial charge in [0, 0.05) is 10.7 Å². The topological polar surface area (TPSA) is 26.0 Å². The molecule has 2 N–H and O–H groups in total. The minimum atomic E-state index is 0.664. The van der Waals surface area contributed by atoms with E-state index in [2.05, 4.69) is 6.07 Å². The molecular formula is C12H16ClN. The molecule has 0 spiro atoms. The normalized spacial score (nSPS) is 18.4. The highest BCUT2D eigenvalue weighted by Gasteiger charge is 2.17. The lowest BCUT2D eigenvalue weighted by Crippen LogP contribution is -2.05. The minimum Gasteiger partial charge on any atom is -0.399 e. The average molecular weight is 210 g/mol. The maximum Gasteiger partial charge on any atom is 0.0461 e. The Balaban J connectivity index is 2.22. The number of nitrogen functional groups attached to an aromatic ring is 1. The molecule has 0 aromatic heterocycles. The van der Waals surface area contributed by atoms with Gasteiger partial charge in [0.15, 0.2) is 0 Å². The van der Waals surface area contributed by atoms with Crippen molar-refractivity contribution in [2.45, 2.75) is 38.0 Å². The number of nitrogens with two attached hydrogens (primary N) is 1. The van der Waals surface area contributed by atoms with E-state index in [0.29, 0.717) is 5.92 Å². The quantitative estimate of drug-likeness (QED) is 0.696. The fourth-order valence-electron chi connectivity index (χ4n) is 2.29. The van der Waals surface area contributed by atoms with Gasteiger partial charge in [0.2, 0.25) is 0 Å². The summed E-state index contributed by atoms with van der Waals surface area (Å²) in [6.07, 6.45) is 6.62. The van der Waals surface area contributed by atoms with Crippen LogP contribution in [0, 0.1) is 0 Å². The lowest BCUT2D eigenvalue weighted by atomic mass is 9.84. The van der Waals surface area contributed by atoms with Gasteiger partial charge in [0.25, 0.3) is 0 Å². The molecule has 1 aliphatic carbocycles. The molecule has 14 heavy (non-hydrogen) atoms. The van der Waals surface area contributed by atoms with Crippen LogP contribution in [0.4, 0.5) is 5.69 Å².